The molecule has 1 rings (SSSR count). The van der Waals surface area contributed by atoms with Crippen LogP contribution < -0.4 is 0 Å². The number of rotatable bonds is 8. The van der Waals surface area contributed by atoms with E-state index in [0.717, 1.165) is 56.1 Å². The van der Waals surface area contributed by atoms with Crippen molar-refractivity contribution < 1.29 is 10.2 Å². The number of unbranched alkanes of at least 4 members (excludes halogenated alkanes) is 3. The van der Waals surface area contributed by atoms with Crippen molar-refractivity contribution in [3.63, 3.8) is 0 Å². The average Bonchev–Trinajstić information content (AvgIpc) is 2.58. The van der Waals surface area contributed by atoms with Gasteiger partial charge in [0, 0.05) is 19.6 Å². The van der Waals surface area contributed by atoms with E-state index in [0.29, 0.717) is 6.61 Å². The topological polar surface area (TPSA) is 40.5 Å². The Balaban J connectivity index is 0. The zero-order valence-electron chi connectivity index (χ0n) is 16.6. The molecule has 142 valence electrons. The fraction of sp³-hybridized carbons (Fsp3) is 0.565. The molecular formula is C23H38O2. The Kier molecular flexibility index (Phi) is 19.3. The zero-order valence-corrected chi connectivity index (χ0v) is 16.6. The molecule has 0 saturated heterocycles. The van der Waals surface area contributed by atoms with Crippen LogP contribution in [0.1, 0.15) is 72.1 Å². The van der Waals surface area contributed by atoms with Gasteiger partial charge in [0.25, 0.3) is 0 Å². The van der Waals surface area contributed by atoms with Crippen molar-refractivity contribution in [3.05, 3.63) is 47.6 Å². The van der Waals surface area contributed by atoms with E-state index in [1.807, 2.05) is 13.8 Å². The molecule has 25 heavy (non-hydrogen) atoms. The van der Waals surface area contributed by atoms with E-state index in [9.17, 15) is 0 Å². The maximum atomic E-state index is 8.61. The van der Waals surface area contributed by atoms with E-state index in [-0.39, 0.29) is 6.61 Å². The molecule has 0 saturated carbocycles. The van der Waals surface area contributed by atoms with Crippen LogP contribution in [0.2, 0.25) is 0 Å². The third-order valence-electron chi connectivity index (χ3n) is 3.79. The van der Waals surface area contributed by atoms with Crippen molar-refractivity contribution >= 4 is 0 Å². The molecule has 2 N–H and O–H groups in total. The molecule has 0 aromatic rings. The lowest BCUT2D eigenvalue weighted by Gasteiger charge is -2.10. The van der Waals surface area contributed by atoms with Gasteiger partial charge in [-0.05, 0) is 65.7 Å². The van der Waals surface area contributed by atoms with Crippen molar-refractivity contribution in [2.45, 2.75) is 72.1 Å². The monoisotopic (exact) mass is 346 g/mol. The standard InChI is InChI=1S/C11H18O.C6H10O.C6H10/c1-10-5-7-11(8-6-10)4-2-3-9-12;1-2-3-4-5-6-7;1-5(2)6(3)4/h5,8,12H,2-4,6-7,9H2,1H3;1,7H,3-6H2;1,3H2,2,4H3. The summed E-state index contributed by atoms with van der Waals surface area (Å²) in [5.41, 5.74) is 5.17. The second-order valence-electron chi connectivity index (χ2n) is 6.45. The van der Waals surface area contributed by atoms with Crippen molar-refractivity contribution in [2.24, 2.45) is 0 Å². The highest BCUT2D eigenvalue weighted by Crippen LogP contribution is 2.20. The first-order valence-electron chi connectivity index (χ1n) is 9.19. The van der Waals surface area contributed by atoms with Crippen LogP contribution in [0.4, 0.5) is 0 Å². The minimum atomic E-state index is 0.266. The third kappa shape index (κ3) is 20.4. The Morgan fingerprint density at radius 1 is 1.00 bits per heavy atom. The Morgan fingerprint density at radius 3 is 1.96 bits per heavy atom. The molecule has 1 aliphatic carbocycles. The Hall–Kier alpha value is -1.56. The van der Waals surface area contributed by atoms with Gasteiger partial charge in [-0.2, -0.15) is 0 Å². The summed E-state index contributed by atoms with van der Waals surface area (Å²) in [7, 11) is 0. The summed E-state index contributed by atoms with van der Waals surface area (Å²) in [5.74, 6) is 2.49. The number of terminal acetylenes is 1. The second kappa shape index (κ2) is 18.8. The maximum absolute atomic E-state index is 8.61. The quantitative estimate of drug-likeness (QED) is 0.255. The molecule has 0 aromatic heterocycles. The van der Waals surface area contributed by atoms with Crippen LogP contribution in [0.25, 0.3) is 0 Å². The molecule has 2 nitrogen and oxygen atoms in total. The first-order chi connectivity index (χ1) is 11.9. The lowest BCUT2D eigenvalue weighted by atomic mass is 9.97. The van der Waals surface area contributed by atoms with Gasteiger partial charge in [0.15, 0.2) is 0 Å². The van der Waals surface area contributed by atoms with Crippen molar-refractivity contribution in [2.75, 3.05) is 13.2 Å². The normalized spacial score (nSPS) is 12.3. The minimum absolute atomic E-state index is 0.266. The van der Waals surface area contributed by atoms with Crippen molar-refractivity contribution in [1.82, 2.24) is 0 Å². The van der Waals surface area contributed by atoms with Gasteiger partial charge >= 0.3 is 0 Å². The van der Waals surface area contributed by atoms with Gasteiger partial charge in [0.1, 0.15) is 0 Å². The molecule has 0 unspecified atom stereocenters. The summed E-state index contributed by atoms with van der Waals surface area (Å²) in [6.07, 6.45) is 17.7. The summed E-state index contributed by atoms with van der Waals surface area (Å²) in [5, 5.41) is 16.8. The summed E-state index contributed by atoms with van der Waals surface area (Å²) >= 11 is 0. The van der Waals surface area contributed by atoms with Gasteiger partial charge in [-0.3, -0.25) is 0 Å². The fourth-order valence-electron chi connectivity index (χ4n) is 1.78. The molecule has 0 atom stereocenters. The molecule has 0 radical (unpaired) electrons. The summed E-state index contributed by atoms with van der Waals surface area (Å²) in [4.78, 5) is 0. The van der Waals surface area contributed by atoms with Crippen LogP contribution in [0.3, 0.4) is 0 Å². The van der Waals surface area contributed by atoms with Crippen LogP contribution in [0.15, 0.2) is 47.6 Å². The van der Waals surface area contributed by atoms with Crippen LogP contribution in [0, 0.1) is 12.3 Å². The highest BCUT2D eigenvalue weighted by atomic mass is 16.3. The molecule has 1 aliphatic rings. The van der Waals surface area contributed by atoms with E-state index < -0.39 is 0 Å². The van der Waals surface area contributed by atoms with E-state index in [4.69, 9.17) is 16.6 Å². The molecular weight excluding hydrogens is 308 g/mol. The molecule has 0 bridgehead atoms. The van der Waals surface area contributed by atoms with Crippen molar-refractivity contribution in [3.8, 4) is 12.3 Å². The first kappa shape index (κ1) is 25.7. The molecule has 0 heterocycles. The van der Waals surface area contributed by atoms with Gasteiger partial charge in [-0.15, -0.1) is 12.3 Å². The minimum Gasteiger partial charge on any atom is -0.396 e. The SMILES string of the molecule is C#CCCCCO.C=C(C)C(=C)C.CC1=CCC(CCCCO)=CC1. The number of aliphatic hydroxyl groups excluding tert-OH is 2. The first-order valence-corrected chi connectivity index (χ1v) is 9.19. The Morgan fingerprint density at radius 2 is 1.56 bits per heavy atom. The highest BCUT2D eigenvalue weighted by molar-refractivity contribution is 5.20. The molecule has 0 spiro atoms. The van der Waals surface area contributed by atoms with Gasteiger partial charge in [-0.25, -0.2) is 0 Å². The van der Waals surface area contributed by atoms with Gasteiger partial charge in [0.05, 0.1) is 0 Å². The van der Waals surface area contributed by atoms with Crippen LogP contribution in [-0.2, 0) is 0 Å². The Labute approximate surface area is 156 Å². The van der Waals surface area contributed by atoms with Gasteiger partial charge in [-0.1, -0.05) is 47.6 Å². The average molecular weight is 347 g/mol. The summed E-state index contributed by atoms with van der Waals surface area (Å²) in [6, 6.07) is 0. The van der Waals surface area contributed by atoms with E-state index >= 15 is 0 Å². The molecule has 2 heteroatoms. The van der Waals surface area contributed by atoms with E-state index in [1.165, 1.54) is 12.0 Å². The lowest BCUT2D eigenvalue weighted by molar-refractivity contribution is 0.284. The molecule has 0 fully saturated rings. The predicted octanol–water partition coefficient (Wildman–Crippen LogP) is 5.74. The van der Waals surface area contributed by atoms with Crippen LogP contribution in [0.5, 0.6) is 0 Å². The highest BCUT2D eigenvalue weighted by Gasteiger charge is 2.01. The second-order valence-corrected chi connectivity index (χ2v) is 6.45. The zero-order chi connectivity index (χ0) is 19.5. The number of allylic oxidation sites excluding steroid dienone is 6. The van der Waals surface area contributed by atoms with E-state index in [1.54, 1.807) is 5.57 Å². The molecule has 0 amide bonds. The fourth-order valence-corrected chi connectivity index (χ4v) is 1.78. The molecule has 0 aliphatic heterocycles. The number of hydrogen-bond donors (Lipinski definition) is 2. The van der Waals surface area contributed by atoms with E-state index in [2.05, 4.69) is 38.2 Å². The van der Waals surface area contributed by atoms with Gasteiger partial charge in [0.2, 0.25) is 0 Å². The smallest absolute Gasteiger partial charge is 0.0431 e. The predicted molar refractivity (Wildman–Crippen MR) is 111 cm³/mol. The maximum Gasteiger partial charge on any atom is 0.0431 e. The van der Waals surface area contributed by atoms with Crippen LogP contribution >= 0.6 is 0 Å². The Bertz CT molecular complexity index is 449. The van der Waals surface area contributed by atoms with Gasteiger partial charge < -0.3 is 10.2 Å². The lowest BCUT2D eigenvalue weighted by Crippen LogP contribution is -1.91. The number of hydrogen-bond acceptors (Lipinski definition) is 2. The summed E-state index contributed by atoms with van der Waals surface area (Å²) < 4.78 is 0. The number of aliphatic hydroxyl groups is 2. The summed E-state index contributed by atoms with van der Waals surface area (Å²) in [6.45, 7) is 14.0. The third-order valence-corrected chi connectivity index (χ3v) is 3.79. The van der Waals surface area contributed by atoms with Crippen molar-refractivity contribution in [1.29, 1.82) is 0 Å². The largest absolute Gasteiger partial charge is 0.396 e. The van der Waals surface area contributed by atoms with Crippen LogP contribution in [-0.4, -0.2) is 23.4 Å². The molecule has 0 aromatic carbocycles.